The summed E-state index contributed by atoms with van der Waals surface area (Å²) in [6, 6.07) is 3.23. The molecule has 6 nitrogen and oxygen atoms in total. The number of hydrogen-bond acceptors (Lipinski definition) is 5. The van der Waals surface area contributed by atoms with E-state index < -0.39 is 11.8 Å². The van der Waals surface area contributed by atoms with E-state index in [2.05, 4.69) is 18.5 Å². The Morgan fingerprint density at radius 3 is 2.63 bits per heavy atom. The lowest BCUT2D eigenvalue weighted by molar-refractivity contribution is -0.128. The van der Waals surface area contributed by atoms with Gasteiger partial charge < -0.3 is 9.47 Å². The lowest BCUT2D eigenvalue weighted by atomic mass is 10.1. The van der Waals surface area contributed by atoms with Crippen molar-refractivity contribution >= 4 is 46.8 Å². The predicted octanol–water partition coefficient (Wildman–Crippen LogP) is 3.12. The molecule has 1 saturated heterocycles. The maximum Gasteiger partial charge on any atom is 0.265 e. The second kappa shape index (κ2) is 9.34. The van der Waals surface area contributed by atoms with Gasteiger partial charge in [-0.25, -0.2) is 0 Å². The zero-order valence-corrected chi connectivity index (χ0v) is 16.4. The number of hydrogen-bond donors (Lipinski definition) is 1. The van der Waals surface area contributed by atoms with E-state index in [1.165, 1.54) is 17.1 Å². The minimum atomic E-state index is -0.577. The van der Waals surface area contributed by atoms with Gasteiger partial charge in [-0.3, -0.25) is 19.8 Å². The number of rotatable bonds is 8. The highest BCUT2D eigenvalue weighted by Crippen LogP contribution is 2.37. The first-order valence-corrected chi connectivity index (χ1v) is 8.91. The number of nitrogens with zero attached hydrogens (tertiary/aromatic N) is 1. The van der Waals surface area contributed by atoms with Crippen molar-refractivity contribution in [3.8, 4) is 11.5 Å². The summed E-state index contributed by atoms with van der Waals surface area (Å²) in [5.74, 6) is -0.314. The molecule has 142 valence electrons. The van der Waals surface area contributed by atoms with E-state index in [1.54, 1.807) is 18.2 Å². The van der Waals surface area contributed by atoms with Crippen molar-refractivity contribution in [1.29, 1.82) is 0 Å². The van der Waals surface area contributed by atoms with Crippen LogP contribution in [0.25, 0.3) is 6.08 Å². The van der Waals surface area contributed by atoms with Crippen LogP contribution in [0.3, 0.4) is 0 Å². The number of amides is 2. The molecule has 1 aliphatic rings. The summed E-state index contributed by atoms with van der Waals surface area (Å²) in [5.41, 5.74) is 0.447. The smallest absolute Gasteiger partial charge is 0.265 e. The molecular weight excluding hydrogens is 388 g/mol. The van der Waals surface area contributed by atoms with Gasteiger partial charge in [0.2, 0.25) is 0 Å². The van der Waals surface area contributed by atoms with Crippen molar-refractivity contribution in [2.75, 3.05) is 19.8 Å². The molecule has 8 heteroatoms. The first kappa shape index (κ1) is 20.7. The summed E-state index contributed by atoms with van der Waals surface area (Å²) >= 11 is 11.3. The van der Waals surface area contributed by atoms with E-state index >= 15 is 0 Å². The number of carbonyl (C=O) groups is 2. The third-order valence-corrected chi connectivity index (χ3v) is 4.09. The van der Waals surface area contributed by atoms with Gasteiger partial charge in [0.05, 0.1) is 11.6 Å². The standard InChI is InChI=1S/C19H19ClN2O4S/c1-4-7-22-18(24)13(17(23)21-19(22)27)9-12-10-14(20)16(26-8-5-2)15(11-12)25-6-3/h4-5,9-11H,1-2,6-8H2,3H3,(H,21,23,27)/b13-9+. The molecule has 1 aromatic carbocycles. The zero-order chi connectivity index (χ0) is 20.0. The van der Waals surface area contributed by atoms with Crippen molar-refractivity contribution in [3.63, 3.8) is 0 Å². The summed E-state index contributed by atoms with van der Waals surface area (Å²) in [5, 5.41) is 2.82. The van der Waals surface area contributed by atoms with Gasteiger partial charge in [0.1, 0.15) is 12.2 Å². The second-order valence-corrected chi connectivity index (χ2v) is 6.18. The van der Waals surface area contributed by atoms with Crippen LogP contribution in [-0.2, 0) is 9.59 Å². The van der Waals surface area contributed by atoms with Crippen molar-refractivity contribution in [2.24, 2.45) is 0 Å². The molecule has 0 radical (unpaired) electrons. The van der Waals surface area contributed by atoms with Gasteiger partial charge in [0.25, 0.3) is 11.8 Å². The number of nitrogens with one attached hydrogen (secondary N) is 1. The lowest BCUT2D eigenvalue weighted by Crippen LogP contribution is -2.53. The minimum absolute atomic E-state index is 0.0447. The monoisotopic (exact) mass is 406 g/mol. The fourth-order valence-electron chi connectivity index (χ4n) is 2.37. The highest BCUT2D eigenvalue weighted by atomic mass is 35.5. The Labute approximate surface area is 168 Å². The number of benzene rings is 1. The SMILES string of the molecule is C=CCOc1c(Cl)cc(/C=C2\C(=O)NC(=S)N(CC=C)C2=O)cc1OCC. The normalized spacial score (nSPS) is 15.6. The molecule has 1 fully saturated rings. The number of halogens is 1. The summed E-state index contributed by atoms with van der Waals surface area (Å²) in [7, 11) is 0. The first-order valence-electron chi connectivity index (χ1n) is 8.12. The van der Waals surface area contributed by atoms with Crippen LogP contribution in [0, 0.1) is 0 Å². The molecule has 0 unspecified atom stereocenters. The van der Waals surface area contributed by atoms with Crippen molar-refractivity contribution in [3.05, 3.63) is 53.6 Å². The fraction of sp³-hybridized carbons (Fsp3) is 0.211. The van der Waals surface area contributed by atoms with E-state index in [0.29, 0.717) is 23.7 Å². The Morgan fingerprint density at radius 1 is 1.26 bits per heavy atom. The molecule has 27 heavy (non-hydrogen) atoms. The summed E-state index contributed by atoms with van der Waals surface area (Å²) in [4.78, 5) is 26.1. The molecule has 1 N–H and O–H groups in total. The molecule has 2 amide bonds. The van der Waals surface area contributed by atoms with E-state index in [-0.39, 0.29) is 28.9 Å². The van der Waals surface area contributed by atoms with Crippen LogP contribution in [0.4, 0.5) is 0 Å². The molecule has 0 aliphatic carbocycles. The quantitative estimate of drug-likeness (QED) is 0.311. The highest BCUT2D eigenvalue weighted by Gasteiger charge is 2.32. The average molecular weight is 407 g/mol. The molecule has 0 bridgehead atoms. The molecule has 0 saturated carbocycles. The van der Waals surface area contributed by atoms with Crippen LogP contribution < -0.4 is 14.8 Å². The molecular formula is C19H19ClN2O4S. The third kappa shape index (κ3) is 4.75. The van der Waals surface area contributed by atoms with Crippen molar-refractivity contribution in [1.82, 2.24) is 10.2 Å². The van der Waals surface area contributed by atoms with Crippen molar-refractivity contribution in [2.45, 2.75) is 6.92 Å². The Kier molecular flexibility index (Phi) is 7.15. The Balaban J connectivity index is 2.45. The second-order valence-electron chi connectivity index (χ2n) is 5.38. The molecule has 0 atom stereocenters. The van der Waals surface area contributed by atoms with Gasteiger partial charge in [-0.15, -0.1) is 6.58 Å². The molecule has 1 aliphatic heterocycles. The molecule has 1 aromatic rings. The third-order valence-electron chi connectivity index (χ3n) is 3.49. The summed E-state index contributed by atoms with van der Waals surface area (Å²) in [6.45, 7) is 9.85. The van der Waals surface area contributed by atoms with Crippen LogP contribution in [0.1, 0.15) is 12.5 Å². The molecule has 0 spiro atoms. The largest absolute Gasteiger partial charge is 0.490 e. The first-order chi connectivity index (χ1) is 12.9. The molecule has 1 heterocycles. The zero-order valence-electron chi connectivity index (χ0n) is 14.8. The van der Waals surface area contributed by atoms with Gasteiger partial charge in [0, 0.05) is 6.54 Å². The fourth-order valence-corrected chi connectivity index (χ4v) is 2.90. The van der Waals surface area contributed by atoms with Crippen LogP contribution in [-0.4, -0.2) is 41.6 Å². The van der Waals surface area contributed by atoms with Crippen LogP contribution in [0.15, 0.2) is 43.0 Å². The van der Waals surface area contributed by atoms with E-state index in [0.717, 1.165) is 0 Å². The van der Waals surface area contributed by atoms with E-state index in [4.69, 9.17) is 33.3 Å². The lowest BCUT2D eigenvalue weighted by Gasteiger charge is -2.27. The number of ether oxygens (including phenoxy) is 2. The van der Waals surface area contributed by atoms with Gasteiger partial charge in [-0.1, -0.05) is 30.3 Å². The molecule has 2 rings (SSSR count). The number of thiocarbonyl (C=S) groups is 1. The van der Waals surface area contributed by atoms with Crippen LogP contribution in [0.5, 0.6) is 11.5 Å². The summed E-state index contributed by atoms with van der Waals surface area (Å²) in [6.07, 6.45) is 4.54. The highest BCUT2D eigenvalue weighted by molar-refractivity contribution is 7.80. The van der Waals surface area contributed by atoms with Gasteiger partial charge in [-0.2, -0.15) is 0 Å². The van der Waals surface area contributed by atoms with Crippen molar-refractivity contribution < 1.29 is 19.1 Å². The Morgan fingerprint density at radius 2 is 2.00 bits per heavy atom. The maximum atomic E-state index is 12.6. The van der Waals surface area contributed by atoms with Gasteiger partial charge in [-0.05, 0) is 42.9 Å². The topological polar surface area (TPSA) is 67.9 Å². The predicted molar refractivity (Wildman–Crippen MR) is 109 cm³/mol. The van der Waals surface area contributed by atoms with Gasteiger partial charge >= 0.3 is 0 Å². The average Bonchev–Trinajstić information content (AvgIpc) is 2.62. The number of carbonyl (C=O) groups excluding carboxylic acids is 2. The summed E-state index contributed by atoms with van der Waals surface area (Å²) < 4.78 is 11.1. The molecule has 0 aromatic heterocycles. The Hall–Kier alpha value is -2.64. The van der Waals surface area contributed by atoms with E-state index in [9.17, 15) is 9.59 Å². The van der Waals surface area contributed by atoms with Gasteiger partial charge in [0.15, 0.2) is 16.6 Å². The van der Waals surface area contributed by atoms with E-state index in [1.807, 2.05) is 6.92 Å². The van der Waals surface area contributed by atoms with Crippen LogP contribution in [0.2, 0.25) is 5.02 Å². The Bertz CT molecular complexity index is 835. The minimum Gasteiger partial charge on any atom is -0.490 e. The van der Waals surface area contributed by atoms with Crippen LogP contribution >= 0.6 is 23.8 Å². The maximum absolute atomic E-state index is 12.6.